The van der Waals surface area contributed by atoms with Gasteiger partial charge >= 0.3 is 0 Å². The van der Waals surface area contributed by atoms with Crippen molar-refractivity contribution in [2.75, 3.05) is 5.32 Å². The summed E-state index contributed by atoms with van der Waals surface area (Å²) in [5.74, 6) is 0.304. The van der Waals surface area contributed by atoms with E-state index in [-0.39, 0.29) is 11.4 Å². The molecule has 0 aliphatic carbocycles. The first-order valence-corrected chi connectivity index (χ1v) is 10.4. The van der Waals surface area contributed by atoms with Crippen LogP contribution in [0.3, 0.4) is 0 Å². The van der Waals surface area contributed by atoms with Crippen LogP contribution in [0.4, 0.5) is 5.82 Å². The van der Waals surface area contributed by atoms with Crippen LogP contribution < -0.4 is 5.32 Å². The molecule has 4 aromatic rings. The molecule has 4 rings (SSSR count). The van der Waals surface area contributed by atoms with Crippen molar-refractivity contribution in [1.29, 1.82) is 5.26 Å². The maximum absolute atomic E-state index is 12.6. The Morgan fingerprint density at radius 3 is 2.72 bits per heavy atom. The maximum Gasteiger partial charge on any atom is 0.249 e. The fraction of sp³-hybridized carbons (Fsp3) is 0.0833. The summed E-state index contributed by atoms with van der Waals surface area (Å²) in [6.07, 6.45) is 4.30. The van der Waals surface area contributed by atoms with Crippen molar-refractivity contribution in [2.24, 2.45) is 0 Å². The number of anilines is 1. The molecule has 32 heavy (non-hydrogen) atoms. The number of rotatable bonds is 4. The van der Waals surface area contributed by atoms with Crippen LogP contribution in [0.2, 0.25) is 10.0 Å². The Kier molecular flexibility index (Phi) is 5.95. The summed E-state index contributed by atoms with van der Waals surface area (Å²) in [4.78, 5) is 17.3. The van der Waals surface area contributed by atoms with Crippen molar-refractivity contribution in [3.8, 4) is 11.9 Å². The number of hydrogen-bond donors (Lipinski definition) is 1. The largest absolute Gasteiger partial charge is 0.306 e. The van der Waals surface area contributed by atoms with E-state index in [1.165, 1.54) is 17.0 Å². The lowest BCUT2D eigenvalue weighted by atomic mass is 10.1. The molecule has 0 aliphatic rings. The van der Waals surface area contributed by atoms with Crippen molar-refractivity contribution in [3.05, 3.63) is 87.0 Å². The number of aromatic nitrogens is 3. The monoisotopic (exact) mass is 461 g/mol. The van der Waals surface area contributed by atoms with E-state index in [0.717, 1.165) is 22.0 Å². The molecule has 0 unspecified atom stereocenters. The zero-order valence-electron chi connectivity index (χ0n) is 17.2. The molecule has 2 aromatic heterocycles. The average Bonchev–Trinajstić information content (AvgIpc) is 3.16. The second-order valence-electron chi connectivity index (χ2n) is 7.19. The molecule has 0 spiro atoms. The van der Waals surface area contributed by atoms with Gasteiger partial charge in [-0.25, -0.2) is 4.98 Å². The molecular weight excluding hydrogens is 445 g/mol. The van der Waals surface area contributed by atoms with Crippen LogP contribution in [-0.2, 0) is 4.79 Å². The fourth-order valence-electron chi connectivity index (χ4n) is 3.34. The predicted octanol–water partition coefficient (Wildman–Crippen LogP) is 5.87. The normalized spacial score (nSPS) is 11.1. The lowest BCUT2D eigenvalue weighted by Gasteiger charge is -2.11. The van der Waals surface area contributed by atoms with Gasteiger partial charge in [-0.3, -0.25) is 4.79 Å². The third-order valence-electron chi connectivity index (χ3n) is 4.96. The molecule has 8 heteroatoms. The van der Waals surface area contributed by atoms with Gasteiger partial charge in [0.25, 0.3) is 0 Å². The minimum atomic E-state index is -0.442. The highest BCUT2D eigenvalue weighted by Crippen LogP contribution is 2.26. The summed E-state index contributed by atoms with van der Waals surface area (Å²) in [6.45, 7) is 3.97. The van der Waals surface area contributed by atoms with E-state index in [1.807, 2.05) is 38.1 Å². The van der Waals surface area contributed by atoms with E-state index in [0.29, 0.717) is 21.4 Å². The van der Waals surface area contributed by atoms with Crippen molar-refractivity contribution < 1.29 is 4.79 Å². The van der Waals surface area contributed by atoms with Gasteiger partial charge in [0.15, 0.2) is 11.6 Å². The lowest BCUT2D eigenvalue weighted by Crippen LogP contribution is -2.14. The SMILES string of the molecule is Cc1cc(-n2ncc(C#N)c2NC(=O)/C=C/c2ccc(Cl)cc2Cl)nc2c(C)cccc12. The molecule has 6 nitrogen and oxygen atoms in total. The van der Waals surface area contributed by atoms with Gasteiger partial charge in [-0.2, -0.15) is 15.0 Å². The second kappa shape index (κ2) is 8.83. The highest BCUT2D eigenvalue weighted by Gasteiger charge is 2.16. The van der Waals surface area contributed by atoms with Crippen molar-refractivity contribution in [2.45, 2.75) is 13.8 Å². The molecule has 0 aliphatic heterocycles. The minimum Gasteiger partial charge on any atom is -0.306 e. The standard InChI is InChI=1S/C24H17Cl2N5O/c1-14-4-3-5-19-15(2)10-21(29-23(14)19)31-24(17(12-27)13-28-31)30-22(32)9-7-16-6-8-18(25)11-20(16)26/h3-11,13H,1-2H3,(H,30,32)/b9-7+. The number of pyridine rings is 1. The molecule has 0 saturated carbocycles. The number of aryl methyl sites for hydroxylation is 2. The second-order valence-corrected chi connectivity index (χ2v) is 8.03. The number of nitriles is 1. The van der Waals surface area contributed by atoms with Crippen molar-refractivity contribution >= 4 is 51.9 Å². The zero-order valence-corrected chi connectivity index (χ0v) is 18.7. The quantitative estimate of drug-likeness (QED) is 0.385. The van der Waals surface area contributed by atoms with E-state index >= 15 is 0 Å². The molecule has 0 radical (unpaired) electrons. The van der Waals surface area contributed by atoms with Crippen LogP contribution in [0.25, 0.3) is 22.8 Å². The van der Waals surface area contributed by atoms with Crippen molar-refractivity contribution in [1.82, 2.24) is 14.8 Å². The Hall–Kier alpha value is -3.66. The van der Waals surface area contributed by atoms with Gasteiger partial charge in [0.1, 0.15) is 11.6 Å². The van der Waals surface area contributed by atoms with Gasteiger partial charge < -0.3 is 5.32 Å². The zero-order chi connectivity index (χ0) is 22.8. The highest BCUT2D eigenvalue weighted by molar-refractivity contribution is 6.35. The summed E-state index contributed by atoms with van der Waals surface area (Å²) in [5.41, 5.74) is 3.74. The average molecular weight is 462 g/mol. The van der Waals surface area contributed by atoms with E-state index in [9.17, 15) is 10.1 Å². The van der Waals surface area contributed by atoms with Gasteiger partial charge in [0.05, 0.1) is 11.7 Å². The number of fused-ring (bicyclic) bond motifs is 1. The van der Waals surface area contributed by atoms with E-state index in [1.54, 1.807) is 24.3 Å². The number of carbonyl (C=O) groups is 1. The number of amides is 1. The summed E-state index contributed by atoms with van der Waals surface area (Å²) in [7, 11) is 0. The van der Waals surface area contributed by atoms with Gasteiger partial charge in [0.2, 0.25) is 5.91 Å². The Morgan fingerprint density at radius 1 is 1.16 bits per heavy atom. The molecular formula is C24H17Cl2N5O. The first-order chi connectivity index (χ1) is 15.4. The van der Waals surface area contributed by atoms with Crippen LogP contribution in [-0.4, -0.2) is 20.7 Å². The predicted molar refractivity (Wildman–Crippen MR) is 127 cm³/mol. The Labute approximate surface area is 194 Å². The van der Waals surface area contributed by atoms with Gasteiger partial charge in [-0.1, -0.05) is 47.5 Å². The third-order valence-corrected chi connectivity index (χ3v) is 5.52. The number of para-hydroxylation sites is 1. The van der Waals surface area contributed by atoms with Gasteiger partial charge in [0, 0.05) is 21.5 Å². The molecule has 1 amide bonds. The highest BCUT2D eigenvalue weighted by atomic mass is 35.5. The first-order valence-electron chi connectivity index (χ1n) is 9.67. The van der Waals surface area contributed by atoms with Crippen LogP contribution in [0.15, 0.2) is 54.7 Å². The van der Waals surface area contributed by atoms with Crippen LogP contribution >= 0.6 is 23.2 Å². The molecule has 0 saturated heterocycles. The smallest absolute Gasteiger partial charge is 0.249 e. The maximum atomic E-state index is 12.6. The number of nitrogens with zero attached hydrogens (tertiary/aromatic N) is 4. The van der Waals surface area contributed by atoms with Crippen LogP contribution in [0, 0.1) is 25.2 Å². The number of benzene rings is 2. The van der Waals surface area contributed by atoms with E-state index in [4.69, 9.17) is 28.2 Å². The lowest BCUT2D eigenvalue weighted by molar-refractivity contribution is -0.111. The molecule has 0 bridgehead atoms. The van der Waals surface area contributed by atoms with Gasteiger partial charge in [-0.05, 0) is 54.8 Å². The van der Waals surface area contributed by atoms with E-state index < -0.39 is 5.91 Å². The molecule has 0 atom stereocenters. The number of carbonyl (C=O) groups excluding carboxylic acids is 1. The molecule has 158 valence electrons. The van der Waals surface area contributed by atoms with Crippen LogP contribution in [0.5, 0.6) is 0 Å². The fourth-order valence-corrected chi connectivity index (χ4v) is 3.81. The van der Waals surface area contributed by atoms with Crippen molar-refractivity contribution in [3.63, 3.8) is 0 Å². The minimum absolute atomic E-state index is 0.223. The summed E-state index contributed by atoms with van der Waals surface area (Å²) in [6, 6.07) is 14.9. The first kappa shape index (κ1) is 21.6. The molecule has 2 heterocycles. The third kappa shape index (κ3) is 4.22. The number of hydrogen-bond acceptors (Lipinski definition) is 4. The summed E-state index contributed by atoms with van der Waals surface area (Å²) in [5, 5.41) is 18.5. The van der Waals surface area contributed by atoms with E-state index in [2.05, 4.69) is 16.5 Å². The molecule has 0 fully saturated rings. The molecule has 2 aromatic carbocycles. The Bertz CT molecular complexity index is 1430. The van der Waals surface area contributed by atoms with Crippen LogP contribution in [0.1, 0.15) is 22.3 Å². The topological polar surface area (TPSA) is 83.6 Å². The summed E-state index contributed by atoms with van der Waals surface area (Å²) < 4.78 is 1.46. The Morgan fingerprint density at radius 2 is 1.97 bits per heavy atom. The molecule has 1 N–H and O–H groups in total. The summed E-state index contributed by atoms with van der Waals surface area (Å²) >= 11 is 12.1. The number of halogens is 2. The van der Waals surface area contributed by atoms with Gasteiger partial charge in [-0.15, -0.1) is 0 Å². The Balaban J connectivity index is 1.69. The number of nitrogens with one attached hydrogen (secondary N) is 1.